The van der Waals surface area contributed by atoms with Crippen LogP contribution in [0.5, 0.6) is 0 Å². The van der Waals surface area contributed by atoms with Gasteiger partial charge in [-0.25, -0.2) is 0 Å². The lowest BCUT2D eigenvalue weighted by molar-refractivity contribution is 0.111. The average Bonchev–Trinajstić information content (AvgIpc) is 2.90. The van der Waals surface area contributed by atoms with E-state index in [2.05, 4.69) is 106 Å². The summed E-state index contributed by atoms with van der Waals surface area (Å²) in [7, 11) is 0. The molecule has 0 saturated carbocycles. The van der Waals surface area contributed by atoms with Crippen molar-refractivity contribution < 1.29 is 9.59 Å². The van der Waals surface area contributed by atoms with Gasteiger partial charge in [-0.15, -0.1) is 12.6 Å². The first-order chi connectivity index (χ1) is 18.3. The Morgan fingerprint density at radius 3 is 1.26 bits per heavy atom. The number of thiol groups is 1. The minimum absolute atomic E-state index is 0.189. The zero-order valence-corrected chi connectivity index (χ0v) is 26.7. The number of carbonyl (C=O) groups is 2. The summed E-state index contributed by atoms with van der Waals surface area (Å²) in [5.74, 6) is 0. The maximum absolute atomic E-state index is 10.6. The molecule has 39 heavy (non-hydrogen) atoms. The minimum atomic E-state index is 0.189. The highest BCUT2D eigenvalue weighted by atomic mass is 79.9. The normalized spacial score (nSPS) is 10.9. The molecular weight excluding hydrogens is 584 g/mol. The number of benzene rings is 4. The Morgan fingerprint density at radius 1 is 0.564 bits per heavy atom. The van der Waals surface area contributed by atoms with E-state index in [-0.39, 0.29) is 10.8 Å². The van der Waals surface area contributed by atoms with Crippen LogP contribution in [0, 0.1) is 0 Å². The van der Waals surface area contributed by atoms with Crippen molar-refractivity contribution in [2.24, 2.45) is 0 Å². The smallest absolute Gasteiger partial charge is 0.150 e. The Hall–Kier alpha value is -2.60. The lowest BCUT2D eigenvalue weighted by Crippen LogP contribution is -2.10. The van der Waals surface area contributed by atoms with Gasteiger partial charge in [0.15, 0.2) is 0 Å². The number of carbonyl (C=O) groups excluding carboxylic acids is 2. The van der Waals surface area contributed by atoms with Gasteiger partial charge >= 0.3 is 0 Å². The molecular formula is C34H37BrO2S2. The van der Waals surface area contributed by atoms with E-state index in [0.29, 0.717) is 11.1 Å². The largest absolute Gasteiger partial charge is 0.298 e. The fraction of sp³-hybridized carbons (Fsp3) is 0.235. The van der Waals surface area contributed by atoms with Gasteiger partial charge in [-0.3, -0.25) is 9.59 Å². The number of hydrogen-bond donors (Lipinski definition) is 1. The fourth-order valence-electron chi connectivity index (χ4n) is 3.28. The van der Waals surface area contributed by atoms with Gasteiger partial charge in [-0.2, -0.15) is 0 Å². The van der Waals surface area contributed by atoms with Gasteiger partial charge < -0.3 is 0 Å². The predicted octanol–water partition coefficient (Wildman–Crippen LogP) is 10.5. The summed E-state index contributed by atoms with van der Waals surface area (Å²) < 4.78 is 0.994. The van der Waals surface area contributed by atoms with E-state index in [9.17, 15) is 9.59 Å². The Kier molecular flexibility index (Phi) is 12.8. The molecule has 2 nitrogen and oxygen atoms in total. The molecule has 204 valence electrons. The van der Waals surface area contributed by atoms with E-state index in [0.717, 1.165) is 26.8 Å². The third-order valence-corrected chi connectivity index (χ3v) is 7.55. The second-order valence-corrected chi connectivity index (χ2v) is 13.6. The summed E-state index contributed by atoms with van der Waals surface area (Å²) in [4.78, 5) is 24.1. The van der Waals surface area contributed by atoms with Crippen LogP contribution >= 0.6 is 40.3 Å². The first-order valence-electron chi connectivity index (χ1n) is 12.7. The zero-order chi connectivity index (χ0) is 29.1. The quantitative estimate of drug-likeness (QED) is 0.182. The SMILES string of the molecule is CC(C)(C)c1ccc(S)cc1.CC(C)(C)c1ccc(Sc2ccc(C=O)cc2)cc1.O=Cc1ccc(Br)cc1. The summed E-state index contributed by atoms with van der Waals surface area (Å²) in [6.07, 6.45) is 1.69. The van der Waals surface area contributed by atoms with Crippen LogP contribution in [0.15, 0.2) is 116 Å². The summed E-state index contributed by atoms with van der Waals surface area (Å²) >= 11 is 9.20. The Labute approximate surface area is 252 Å². The van der Waals surface area contributed by atoms with Gasteiger partial charge in [-0.05, 0) is 70.5 Å². The molecule has 0 radical (unpaired) electrons. The molecule has 4 aromatic rings. The number of rotatable bonds is 4. The molecule has 0 aromatic heterocycles. The van der Waals surface area contributed by atoms with Crippen LogP contribution < -0.4 is 0 Å². The molecule has 0 bridgehead atoms. The Morgan fingerprint density at radius 2 is 0.897 bits per heavy atom. The van der Waals surface area contributed by atoms with Gasteiger partial charge in [0, 0.05) is 30.3 Å². The maximum atomic E-state index is 10.6. The molecule has 0 N–H and O–H groups in total. The topological polar surface area (TPSA) is 34.1 Å². The molecule has 0 fully saturated rings. The lowest BCUT2D eigenvalue weighted by Gasteiger charge is -2.19. The fourth-order valence-corrected chi connectivity index (χ4v) is 4.51. The first kappa shape index (κ1) is 32.6. The second kappa shape index (κ2) is 15.3. The minimum Gasteiger partial charge on any atom is -0.298 e. The second-order valence-electron chi connectivity index (χ2n) is 11.0. The van der Waals surface area contributed by atoms with Crippen molar-refractivity contribution in [2.45, 2.75) is 67.1 Å². The summed E-state index contributed by atoms with van der Waals surface area (Å²) in [6, 6.07) is 31.8. The highest BCUT2D eigenvalue weighted by molar-refractivity contribution is 9.10. The Balaban J connectivity index is 0.000000226. The van der Waals surface area contributed by atoms with Gasteiger partial charge in [0.25, 0.3) is 0 Å². The molecule has 0 aliphatic rings. The van der Waals surface area contributed by atoms with E-state index in [1.165, 1.54) is 16.0 Å². The summed E-state index contributed by atoms with van der Waals surface area (Å²) in [5, 5.41) is 0. The van der Waals surface area contributed by atoms with Gasteiger partial charge in [0.1, 0.15) is 12.6 Å². The number of halogens is 1. The number of hydrogen-bond acceptors (Lipinski definition) is 4. The highest BCUT2D eigenvalue weighted by Crippen LogP contribution is 2.30. The molecule has 0 amide bonds. The van der Waals surface area contributed by atoms with Crippen molar-refractivity contribution in [3.05, 3.63) is 124 Å². The molecule has 4 rings (SSSR count). The van der Waals surface area contributed by atoms with Gasteiger partial charge in [0.05, 0.1) is 0 Å². The van der Waals surface area contributed by atoms with E-state index < -0.39 is 0 Å². The summed E-state index contributed by atoms with van der Waals surface area (Å²) in [6.45, 7) is 13.3. The molecule has 5 heteroatoms. The van der Waals surface area contributed by atoms with Crippen LogP contribution in [0.2, 0.25) is 0 Å². The highest BCUT2D eigenvalue weighted by Gasteiger charge is 2.13. The van der Waals surface area contributed by atoms with E-state index >= 15 is 0 Å². The monoisotopic (exact) mass is 620 g/mol. The van der Waals surface area contributed by atoms with Crippen molar-refractivity contribution in [1.29, 1.82) is 0 Å². The number of aldehydes is 2. The standard InChI is InChI=1S/C17H18OS.C10H14S.C7H5BrO/c1-17(2,3)14-6-10-16(11-7-14)19-15-8-4-13(12-18)5-9-15;1-10(2,3)8-4-6-9(11)7-5-8;8-7-3-1-6(5-9)2-4-7/h4-12H,1-3H3;4-7,11H,1-3H3;1-5H. The van der Waals surface area contributed by atoms with Crippen molar-refractivity contribution in [1.82, 2.24) is 0 Å². The van der Waals surface area contributed by atoms with Crippen molar-refractivity contribution >= 4 is 52.9 Å². The van der Waals surface area contributed by atoms with Crippen LogP contribution in [0.4, 0.5) is 0 Å². The van der Waals surface area contributed by atoms with Crippen LogP contribution in [0.1, 0.15) is 73.4 Å². The third-order valence-electron chi connectivity index (χ3n) is 5.71. The van der Waals surface area contributed by atoms with Crippen LogP contribution in [-0.2, 0) is 10.8 Å². The van der Waals surface area contributed by atoms with Crippen LogP contribution in [-0.4, -0.2) is 12.6 Å². The van der Waals surface area contributed by atoms with E-state index in [1.807, 2.05) is 48.5 Å². The predicted molar refractivity (Wildman–Crippen MR) is 173 cm³/mol. The van der Waals surface area contributed by atoms with E-state index in [4.69, 9.17) is 0 Å². The third kappa shape index (κ3) is 12.0. The van der Waals surface area contributed by atoms with Crippen LogP contribution in [0.3, 0.4) is 0 Å². The summed E-state index contributed by atoms with van der Waals surface area (Å²) in [5.41, 5.74) is 4.56. The molecule has 0 unspecified atom stereocenters. The van der Waals surface area contributed by atoms with Gasteiger partial charge in [-0.1, -0.05) is 118 Å². The van der Waals surface area contributed by atoms with Crippen molar-refractivity contribution in [3.63, 3.8) is 0 Å². The Bertz CT molecular complexity index is 1300. The van der Waals surface area contributed by atoms with Gasteiger partial charge in [0.2, 0.25) is 0 Å². The van der Waals surface area contributed by atoms with E-state index in [1.54, 1.807) is 23.9 Å². The molecule has 0 spiro atoms. The molecule has 0 aliphatic heterocycles. The molecule has 0 saturated heterocycles. The zero-order valence-electron chi connectivity index (χ0n) is 23.4. The molecule has 0 atom stereocenters. The lowest BCUT2D eigenvalue weighted by atomic mass is 9.87. The molecule has 0 heterocycles. The average molecular weight is 622 g/mol. The van der Waals surface area contributed by atoms with Crippen LogP contribution in [0.25, 0.3) is 0 Å². The molecule has 4 aromatic carbocycles. The maximum Gasteiger partial charge on any atom is 0.150 e. The first-order valence-corrected chi connectivity index (χ1v) is 14.7. The van der Waals surface area contributed by atoms with Crippen molar-refractivity contribution in [3.8, 4) is 0 Å². The van der Waals surface area contributed by atoms with Crippen molar-refractivity contribution in [2.75, 3.05) is 0 Å². The molecule has 0 aliphatic carbocycles.